The summed E-state index contributed by atoms with van der Waals surface area (Å²) in [5.41, 5.74) is 0.433. The molecular weight excluding hydrogens is 459 g/mol. The third-order valence-corrected chi connectivity index (χ3v) is 7.41. The summed E-state index contributed by atoms with van der Waals surface area (Å²) in [7, 11) is -2.34. The minimum atomic E-state index is -3.79. The second-order valence-corrected chi connectivity index (χ2v) is 9.80. The zero-order valence-corrected chi connectivity index (χ0v) is 18.6. The minimum absolute atomic E-state index is 0.0603. The summed E-state index contributed by atoms with van der Waals surface area (Å²) >= 11 is 18.1. The highest BCUT2D eigenvalue weighted by atomic mass is 35.5. The molecule has 1 fully saturated rings. The predicted octanol–water partition coefficient (Wildman–Crippen LogP) is 4.69. The van der Waals surface area contributed by atoms with Gasteiger partial charge in [0, 0.05) is 18.1 Å². The van der Waals surface area contributed by atoms with Crippen LogP contribution in [-0.2, 0) is 14.8 Å². The lowest BCUT2D eigenvalue weighted by Crippen LogP contribution is -2.43. The molecule has 0 saturated carbocycles. The Morgan fingerprint density at radius 2 is 1.90 bits per heavy atom. The van der Waals surface area contributed by atoms with Crippen LogP contribution in [0.15, 0.2) is 41.3 Å². The number of carbonyl (C=O) groups excluding carboxylic acids is 1. The Morgan fingerprint density at radius 1 is 1.14 bits per heavy atom. The Labute approximate surface area is 184 Å². The first kappa shape index (κ1) is 22.2. The maximum atomic E-state index is 13.0. The van der Waals surface area contributed by atoms with E-state index in [1.54, 1.807) is 12.1 Å². The fourth-order valence-corrected chi connectivity index (χ4v) is 5.49. The van der Waals surface area contributed by atoms with Crippen LogP contribution >= 0.6 is 34.8 Å². The predicted molar refractivity (Wildman–Crippen MR) is 115 cm³/mol. The number of sulfonamides is 1. The van der Waals surface area contributed by atoms with Crippen molar-refractivity contribution in [1.82, 2.24) is 4.31 Å². The van der Waals surface area contributed by atoms with E-state index in [0.29, 0.717) is 40.9 Å². The zero-order valence-electron chi connectivity index (χ0n) is 15.5. The lowest BCUT2D eigenvalue weighted by molar-refractivity contribution is -0.120. The van der Waals surface area contributed by atoms with Crippen molar-refractivity contribution in [3.63, 3.8) is 0 Å². The van der Waals surface area contributed by atoms with Gasteiger partial charge in [-0.15, -0.1) is 0 Å². The van der Waals surface area contributed by atoms with Crippen LogP contribution in [0.2, 0.25) is 15.1 Å². The number of carbonyl (C=O) groups is 1. The van der Waals surface area contributed by atoms with Crippen molar-refractivity contribution in [3.8, 4) is 5.75 Å². The van der Waals surface area contributed by atoms with Crippen LogP contribution in [0.25, 0.3) is 0 Å². The molecule has 6 nitrogen and oxygen atoms in total. The molecule has 1 atom stereocenters. The molecule has 0 aliphatic carbocycles. The Morgan fingerprint density at radius 3 is 2.55 bits per heavy atom. The molecule has 10 heteroatoms. The molecule has 1 amide bonds. The van der Waals surface area contributed by atoms with E-state index in [0.717, 1.165) is 0 Å². The molecule has 156 valence electrons. The standard InChI is InChI=1S/C19H19Cl3N2O4S/c1-28-18-7-5-14(10-16(18)22)29(26,27)24-8-2-3-12(11-24)19(25)23-17-6-4-13(20)9-15(17)21/h4-7,9-10,12H,2-3,8,11H2,1H3,(H,23,25). The highest BCUT2D eigenvalue weighted by Gasteiger charge is 2.33. The Bertz CT molecular complexity index is 1030. The summed E-state index contributed by atoms with van der Waals surface area (Å²) in [6.45, 7) is 0.403. The minimum Gasteiger partial charge on any atom is -0.495 e. The average Bonchev–Trinajstić information content (AvgIpc) is 2.70. The number of nitrogens with one attached hydrogen (secondary N) is 1. The van der Waals surface area contributed by atoms with E-state index < -0.39 is 15.9 Å². The maximum Gasteiger partial charge on any atom is 0.243 e. The van der Waals surface area contributed by atoms with Crippen molar-refractivity contribution >= 4 is 56.4 Å². The van der Waals surface area contributed by atoms with Gasteiger partial charge >= 0.3 is 0 Å². The Kier molecular flexibility index (Phi) is 6.96. The highest BCUT2D eigenvalue weighted by molar-refractivity contribution is 7.89. The number of hydrogen-bond donors (Lipinski definition) is 1. The van der Waals surface area contributed by atoms with Crippen molar-refractivity contribution in [2.24, 2.45) is 5.92 Å². The Balaban J connectivity index is 1.75. The molecule has 1 unspecified atom stereocenters. The van der Waals surface area contributed by atoms with E-state index >= 15 is 0 Å². The quantitative estimate of drug-likeness (QED) is 0.677. The fraction of sp³-hybridized carbons (Fsp3) is 0.316. The van der Waals surface area contributed by atoms with Crippen molar-refractivity contribution < 1.29 is 17.9 Å². The van der Waals surface area contributed by atoms with Gasteiger partial charge in [-0.1, -0.05) is 34.8 Å². The van der Waals surface area contributed by atoms with Crippen LogP contribution in [-0.4, -0.2) is 38.8 Å². The van der Waals surface area contributed by atoms with Gasteiger partial charge in [0.25, 0.3) is 0 Å². The topological polar surface area (TPSA) is 75.7 Å². The van der Waals surface area contributed by atoms with Gasteiger partial charge in [-0.2, -0.15) is 4.31 Å². The summed E-state index contributed by atoms with van der Waals surface area (Å²) in [5.74, 6) is -0.401. The summed E-state index contributed by atoms with van der Waals surface area (Å²) < 4.78 is 32.4. The van der Waals surface area contributed by atoms with Gasteiger partial charge in [-0.05, 0) is 49.2 Å². The van der Waals surface area contributed by atoms with Crippen molar-refractivity contribution in [3.05, 3.63) is 51.5 Å². The number of nitrogens with zero attached hydrogens (tertiary/aromatic N) is 1. The van der Waals surface area contributed by atoms with Gasteiger partial charge in [0.05, 0.1) is 33.7 Å². The Hall–Kier alpha value is -1.51. The number of benzene rings is 2. The van der Waals surface area contributed by atoms with E-state index in [4.69, 9.17) is 39.5 Å². The zero-order chi connectivity index (χ0) is 21.2. The van der Waals surface area contributed by atoms with Gasteiger partial charge in [-0.25, -0.2) is 8.42 Å². The third kappa shape index (κ3) is 4.98. The molecular formula is C19H19Cl3N2O4S. The van der Waals surface area contributed by atoms with Crippen molar-refractivity contribution in [1.29, 1.82) is 0 Å². The maximum absolute atomic E-state index is 13.0. The summed E-state index contributed by atoms with van der Waals surface area (Å²) in [6.07, 6.45) is 1.14. The second-order valence-electron chi connectivity index (χ2n) is 6.61. The molecule has 0 radical (unpaired) electrons. The molecule has 2 aromatic carbocycles. The van der Waals surface area contributed by atoms with Gasteiger partial charge in [0.1, 0.15) is 5.75 Å². The highest BCUT2D eigenvalue weighted by Crippen LogP contribution is 2.31. The SMILES string of the molecule is COc1ccc(S(=O)(=O)N2CCCC(C(=O)Nc3ccc(Cl)cc3Cl)C2)cc1Cl. The smallest absolute Gasteiger partial charge is 0.243 e. The van der Waals surface area contributed by atoms with E-state index in [1.807, 2.05) is 0 Å². The number of halogens is 3. The van der Waals surface area contributed by atoms with E-state index in [2.05, 4.69) is 5.32 Å². The number of amides is 1. The molecule has 1 saturated heterocycles. The van der Waals surface area contributed by atoms with Gasteiger partial charge in [0.15, 0.2) is 0 Å². The molecule has 1 heterocycles. The second kappa shape index (κ2) is 9.10. The number of methoxy groups -OCH3 is 1. The van der Waals surface area contributed by atoms with Crippen LogP contribution in [0, 0.1) is 5.92 Å². The summed E-state index contributed by atoms with van der Waals surface area (Å²) in [4.78, 5) is 12.7. The summed E-state index contributed by atoms with van der Waals surface area (Å²) in [5, 5.41) is 3.74. The van der Waals surface area contributed by atoms with Gasteiger partial charge < -0.3 is 10.1 Å². The van der Waals surface area contributed by atoms with Crippen LogP contribution in [0.4, 0.5) is 5.69 Å². The monoisotopic (exact) mass is 476 g/mol. The van der Waals surface area contributed by atoms with Gasteiger partial charge in [-0.3, -0.25) is 4.79 Å². The number of hydrogen-bond acceptors (Lipinski definition) is 4. The van der Waals surface area contributed by atoms with Crippen molar-refractivity contribution in [2.75, 3.05) is 25.5 Å². The normalized spacial score (nSPS) is 17.7. The summed E-state index contributed by atoms with van der Waals surface area (Å²) in [6, 6.07) is 9.06. The van der Waals surface area contributed by atoms with E-state index in [9.17, 15) is 13.2 Å². The third-order valence-electron chi connectivity index (χ3n) is 4.70. The lowest BCUT2D eigenvalue weighted by Gasteiger charge is -2.31. The molecule has 29 heavy (non-hydrogen) atoms. The first-order valence-electron chi connectivity index (χ1n) is 8.82. The molecule has 1 N–H and O–H groups in total. The van der Waals surface area contributed by atoms with Crippen molar-refractivity contribution in [2.45, 2.75) is 17.7 Å². The lowest BCUT2D eigenvalue weighted by atomic mass is 9.99. The van der Waals surface area contributed by atoms with Gasteiger partial charge in [0.2, 0.25) is 15.9 Å². The number of ether oxygens (including phenoxy) is 1. The number of piperidine rings is 1. The molecule has 0 aromatic heterocycles. The molecule has 2 aromatic rings. The molecule has 3 rings (SSSR count). The molecule has 1 aliphatic heterocycles. The van der Waals surface area contributed by atoms with Crippen LogP contribution < -0.4 is 10.1 Å². The van der Waals surface area contributed by atoms with Crippen LogP contribution in [0.5, 0.6) is 5.75 Å². The van der Waals surface area contributed by atoms with E-state index in [-0.39, 0.29) is 22.4 Å². The van der Waals surface area contributed by atoms with Crippen LogP contribution in [0.3, 0.4) is 0 Å². The number of anilines is 1. The fourth-order valence-electron chi connectivity index (χ4n) is 3.16. The molecule has 0 spiro atoms. The average molecular weight is 478 g/mol. The first-order valence-corrected chi connectivity index (χ1v) is 11.4. The number of rotatable bonds is 5. The first-order chi connectivity index (χ1) is 13.7. The molecule has 1 aliphatic rings. The van der Waals surface area contributed by atoms with Crippen LogP contribution in [0.1, 0.15) is 12.8 Å². The molecule has 0 bridgehead atoms. The van der Waals surface area contributed by atoms with E-state index in [1.165, 1.54) is 35.7 Å². The largest absolute Gasteiger partial charge is 0.495 e.